The molecule has 0 aliphatic carbocycles. The van der Waals surface area contributed by atoms with Gasteiger partial charge in [-0.05, 0) is 37.3 Å². The second kappa shape index (κ2) is 6.36. The van der Waals surface area contributed by atoms with E-state index >= 15 is 0 Å². The molecule has 6 heteroatoms. The Bertz CT molecular complexity index is 742. The van der Waals surface area contributed by atoms with E-state index < -0.39 is 0 Å². The summed E-state index contributed by atoms with van der Waals surface area (Å²) in [5, 5.41) is 7.26. The Hall–Kier alpha value is -2.21. The van der Waals surface area contributed by atoms with Crippen molar-refractivity contribution in [2.24, 2.45) is 0 Å². The Kier molecular flexibility index (Phi) is 4.06. The van der Waals surface area contributed by atoms with Crippen molar-refractivity contribution in [2.45, 2.75) is 44.7 Å². The van der Waals surface area contributed by atoms with Gasteiger partial charge in [0.15, 0.2) is 5.82 Å². The highest BCUT2D eigenvalue weighted by molar-refractivity contribution is 5.82. The van der Waals surface area contributed by atoms with E-state index in [1.807, 2.05) is 24.0 Å². The molecular weight excluding hydrogens is 304 g/mol. The van der Waals surface area contributed by atoms with Gasteiger partial charge in [0.25, 0.3) is 0 Å². The van der Waals surface area contributed by atoms with Gasteiger partial charge in [0, 0.05) is 19.6 Å². The van der Waals surface area contributed by atoms with Crippen LogP contribution in [0.2, 0.25) is 0 Å². The van der Waals surface area contributed by atoms with Crippen LogP contribution in [0.25, 0.3) is 0 Å². The first-order chi connectivity index (χ1) is 11.7. The van der Waals surface area contributed by atoms with Crippen LogP contribution < -0.4 is 5.32 Å². The summed E-state index contributed by atoms with van der Waals surface area (Å²) in [5.41, 5.74) is 2.56. The molecule has 1 N–H and O–H groups in total. The quantitative estimate of drug-likeness (QED) is 0.911. The molecule has 1 aromatic carbocycles. The first-order valence-corrected chi connectivity index (χ1v) is 8.60. The Morgan fingerprint density at radius 1 is 1.33 bits per heavy atom. The molecule has 2 aliphatic rings. The molecule has 2 unspecified atom stereocenters. The van der Waals surface area contributed by atoms with Gasteiger partial charge in [-0.3, -0.25) is 4.79 Å². The van der Waals surface area contributed by atoms with Crippen LogP contribution in [-0.4, -0.2) is 40.1 Å². The van der Waals surface area contributed by atoms with E-state index in [2.05, 4.69) is 27.6 Å². The van der Waals surface area contributed by atoms with Gasteiger partial charge < -0.3 is 14.7 Å². The predicted molar refractivity (Wildman–Crippen MR) is 88.4 cm³/mol. The number of amides is 1. The summed E-state index contributed by atoms with van der Waals surface area (Å²) < 4.78 is 5.31. The van der Waals surface area contributed by atoms with Gasteiger partial charge in [-0.15, -0.1) is 0 Å². The third-order valence-electron chi connectivity index (χ3n) is 5.01. The summed E-state index contributed by atoms with van der Waals surface area (Å²) in [7, 11) is 0. The molecule has 1 aromatic heterocycles. The maximum absolute atomic E-state index is 12.9. The minimum Gasteiger partial charge on any atom is -0.341 e. The average molecular weight is 326 g/mol. The highest BCUT2D eigenvalue weighted by Crippen LogP contribution is 2.27. The summed E-state index contributed by atoms with van der Waals surface area (Å²) >= 11 is 0. The molecule has 2 atom stereocenters. The van der Waals surface area contributed by atoms with Crippen LogP contribution in [0.4, 0.5) is 0 Å². The molecule has 1 fully saturated rings. The number of hydrogen-bond acceptors (Lipinski definition) is 5. The van der Waals surface area contributed by atoms with Crippen molar-refractivity contribution >= 4 is 5.91 Å². The third kappa shape index (κ3) is 2.94. The standard InChI is InChI=1S/C18H22N4O2/c1-12-20-17(24-21-12)15-7-4-8-22(11-15)18(23)16-9-13-5-2-3-6-14(13)10-19-16/h2-3,5-6,15-16,19H,4,7-11H2,1H3. The van der Waals surface area contributed by atoms with Crippen LogP contribution in [0, 0.1) is 6.92 Å². The molecule has 6 nitrogen and oxygen atoms in total. The lowest BCUT2D eigenvalue weighted by Crippen LogP contribution is -2.51. The molecule has 2 aromatic rings. The van der Waals surface area contributed by atoms with Gasteiger partial charge >= 0.3 is 0 Å². The number of carbonyl (C=O) groups excluding carboxylic acids is 1. The fourth-order valence-electron chi connectivity index (χ4n) is 3.71. The van der Waals surface area contributed by atoms with E-state index in [4.69, 9.17) is 4.52 Å². The van der Waals surface area contributed by atoms with E-state index in [-0.39, 0.29) is 17.9 Å². The zero-order valence-electron chi connectivity index (χ0n) is 13.9. The number of hydrogen-bond donors (Lipinski definition) is 1. The van der Waals surface area contributed by atoms with Crippen molar-refractivity contribution in [1.82, 2.24) is 20.4 Å². The zero-order valence-corrected chi connectivity index (χ0v) is 13.9. The zero-order chi connectivity index (χ0) is 16.5. The Morgan fingerprint density at radius 3 is 2.96 bits per heavy atom. The fraction of sp³-hybridized carbons (Fsp3) is 0.500. The van der Waals surface area contributed by atoms with Crippen LogP contribution in [0.5, 0.6) is 0 Å². The highest BCUT2D eigenvalue weighted by Gasteiger charge is 2.33. The number of nitrogens with zero attached hydrogens (tertiary/aromatic N) is 3. The van der Waals surface area contributed by atoms with Crippen LogP contribution in [0.15, 0.2) is 28.8 Å². The Balaban J connectivity index is 1.45. The molecule has 0 radical (unpaired) electrons. The normalized spacial score (nSPS) is 23.8. The van der Waals surface area contributed by atoms with Crippen molar-refractivity contribution in [3.8, 4) is 0 Å². The molecule has 3 heterocycles. The van der Waals surface area contributed by atoms with E-state index in [0.717, 1.165) is 32.4 Å². The number of aryl methyl sites for hydroxylation is 1. The highest BCUT2D eigenvalue weighted by atomic mass is 16.5. The van der Waals surface area contributed by atoms with Crippen molar-refractivity contribution in [3.63, 3.8) is 0 Å². The molecule has 1 saturated heterocycles. The topological polar surface area (TPSA) is 71.3 Å². The van der Waals surface area contributed by atoms with Crippen molar-refractivity contribution in [2.75, 3.05) is 13.1 Å². The molecule has 0 saturated carbocycles. The van der Waals surface area contributed by atoms with E-state index in [1.54, 1.807) is 0 Å². The fourth-order valence-corrected chi connectivity index (χ4v) is 3.71. The Labute approximate surface area is 141 Å². The number of nitrogens with one attached hydrogen (secondary N) is 1. The van der Waals surface area contributed by atoms with Crippen molar-refractivity contribution < 1.29 is 9.32 Å². The van der Waals surface area contributed by atoms with Crippen LogP contribution in [0.1, 0.15) is 41.6 Å². The number of likely N-dealkylation sites (tertiary alicyclic amines) is 1. The molecule has 1 amide bonds. The maximum atomic E-state index is 12.9. The lowest BCUT2D eigenvalue weighted by molar-refractivity contribution is -0.135. The monoisotopic (exact) mass is 326 g/mol. The minimum absolute atomic E-state index is 0.136. The van der Waals surface area contributed by atoms with Crippen molar-refractivity contribution in [1.29, 1.82) is 0 Å². The largest absolute Gasteiger partial charge is 0.341 e. The molecule has 0 spiro atoms. The van der Waals surface area contributed by atoms with E-state index in [9.17, 15) is 4.79 Å². The number of piperidine rings is 1. The van der Waals surface area contributed by atoms with E-state index in [1.165, 1.54) is 11.1 Å². The summed E-state index contributed by atoms with van der Waals surface area (Å²) in [6.45, 7) is 4.05. The molecule has 2 aliphatic heterocycles. The summed E-state index contributed by atoms with van der Waals surface area (Å²) in [6, 6.07) is 8.20. The van der Waals surface area contributed by atoms with Crippen LogP contribution >= 0.6 is 0 Å². The summed E-state index contributed by atoms with van der Waals surface area (Å²) in [6.07, 6.45) is 2.73. The lowest BCUT2D eigenvalue weighted by atomic mass is 9.93. The molecule has 4 rings (SSSR count). The number of rotatable bonds is 2. The lowest BCUT2D eigenvalue weighted by Gasteiger charge is -2.35. The molecule has 24 heavy (non-hydrogen) atoms. The first kappa shape index (κ1) is 15.3. The number of carbonyl (C=O) groups is 1. The summed E-state index contributed by atoms with van der Waals surface area (Å²) in [5.74, 6) is 1.65. The number of benzene rings is 1. The summed E-state index contributed by atoms with van der Waals surface area (Å²) in [4.78, 5) is 19.2. The van der Waals surface area contributed by atoms with Gasteiger partial charge in [0.2, 0.25) is 11.8 Å². The van der Waals surface area contributed by atoms with Gasteiger partial charge in [-0.25, -0.2) is 0 Å². The van der Waals surface area contributed by atoms with Crippen LogP contribution in [-0.2, 0) is 17.8 Å². The number of fused-ring (bicyclic) bond motifs is 1. The second-order valence-corrected chi connectivity index (χ2v) is 6.71. The molecular formula is C18H22N4O2. The molecule has 126 valence electrons. The van der Waals surface area contributed by atoms with Gasteiger partial charge in [-0.2, -0.15) is 4.98 Å². The number of aromatic nitrogens is 2. The Morgan fingerprint density at radius 2 is 2.17 bits per heavy atom. The minimum atomic E-state index is -0.136. The van der Waals surface area contributed by atoms with E-state index in [0.29, 0.717) is 18.3 Å². The smallest absolute Gasteiger partial charge is 0.240 e. The second-order valence-electron chi connectivity index (χ2n) is 6.71. The maximum Gasteiger partial charge on any atom is 0.240 e. The van der Waals surface area contributed by atoms with Crippen LogP contribution in [0.3, 0.4) is 0 Å². The van der Waals surface area contributed by atoms with Gasteiger partial charge in [0.1, 0.15) is 0 Å². The first-order valence-electron chi connectivity index (χ1n) is 8.60. The molecule has 0 bridgehead atoms. The van der Waals surface area contributed by atoms with Crippen molar-refractivity contribution in [3.05, 3.63) is 47.1 Å². The van der Waals surface area contributed by atoms with Gasteiger partial charge in [0.05, 0.1) is 12.0 Å². The third-order valence-corrected chi connectivity index (χ3v) is 5.01. The SMILES string of the molecule is Cc1noc(C2CCCN(C(=O)C3Cc4ccccc4CN3)C2)n1. The van der Waals surface area contributed by atoms with Gasteiger partial charge in [-0.1, -0.05) is 29.4 Å². The predicted octanol–water partition coefficient (Wildman–Crippen LogP) is 1.80. The average Bonchev–Trinajstić information content (AvgIpc) is 3.07.